The van der Waals surface area contributed by atoms with Gasteiger partial charge in [0.15, 0.2) is 0 Å². The van der Waals surface area contributed by atoms with E-state index in [4.69, 9.17) is 27.1 Å². The fourth-order valence-corrected chi connectivity index (χ4v) is 5.13. The van der Waals surface area contributed by atoms with Crippen LogP contribution in [-0.2, 0) is 13.2 Å². The minimum absolute atomic E-state index is 0.270. The van der Waals surface area contributed by atoms with E-state index in [2.05, 4.69) is 41.5 Å². The van der Waals surface area contributed by atoms with Crippen molar-refractivity contribution in [2.75, 3.05) is 19.6 Å². The summed E-state index contributed by atoms with van der Waals surface area (Å²) in [6.45, 7) is 9.43. The van der Waals surface area contributed by atoms with Gasteiger partial charge < -0.3 is 19.9 Å². The first-order valence-electron chi connectivity index (χ1n) is 12.8. The number of likely N-dealkylation sites (tertiary alicyclic amines) is 1. The highest BCUT2D eigenvalue weighted by Gasteiger charge is 2.17. The number of fused-ring (bicyclic) bond motifs is 1. The summed E-state index contributed by atoms with van der Waals surface area (Å²) in [6, 6.07) is 14.2. The van der Waals surface area contributed by atoms with Crippen LogP contribution in [0, 0.1) is 12.8 Å². The molecule has 184 valence electrons. The van der Waals surface area contributed by atoms with Crippen LogP contribution in [0.4, 0.5) is 0 Å². The van der Waals surface area contributed by atoms with Gasteiger partial charge in [-0.05, 0) is 100 Å². The number of ether oxygens (including phenoxy) is 1. The molecule has 1 aromatic heterocycles. The SMILES string of the molecule is Cc1cccc2c1nc(COc1ccc(Cl)cc1)n2CCC(C)CC(N)CCN1CCCCC1. The van der Waals surface area contributed by atoms with E-state index in [9.17, 15) is 0 Å². The Bertz CT molecular complexity index is 1040. The second-order valence-electron chi connectivity index (χ2n) is 9.95. The number of aryl methyl sites for hydroxylation is 2. The van der Waals surface area contributed by atoms with Crippen LogP contribution in [0.5, 0.6) is 5.75 Å². The van der Waals surface area contributed by atoms with Gasteiger partial charge in [-0.25, -0.2) is 4.98 Å². The molecule has 6 heteroatoms. The molecule has 1 aliphatic rings. The molecule has 0 spiro atoms. The lowest BCUT2D eigenvalue weighted by Crippen LogP contribution is -2.34. The summed E-state index contributed by atoms with van der Waals surface area (Å²) in [7, 11) is 0. The molecule has 1 fully saturated rings. The number of hydrogen-bond acceptors (Lipinski definition) is 4. The molecule has 2 N–H and O–H groups in total. The Kier molecular flexibility index (Phi) is 8.87. The quantitative estimate of drug-likeness (QED) is 0.353. The Morgan fingerprint density at radius 2 is 1.79 bits per heavy atom. The van der Waals surface area contributed by atoms with E-state index in [0.29, 0.717) is 17.5 Å². The minimum Gasteiger partial charge on any atom is -0.486 e. The van der Waals surface area contributed by atoms with Gasteiger partial charge in [-0.15, -0.1) is 0 Å². The summed E-state index contributed by atoms with van der Waals surface area (Å²) in [4.78, 5) is 7.53. The Labute approximate surface area is 209 Å². The van der Waals surface area contributed by atoms with E-state index in [1.807, 2.05) is 24.3 Å². The zero-order valence-corrected chi connectivity index (χ0v) is 21.4. The molecule has 2 heterocycles. The highest BCUT2D eigenvalue weighted by molar-refractivity contribution is 6.30. The van der Waals surface area contributed by atoms with Gasteiger partial charge >= 0.3 is 0 Å². The third-order valence-electron chi connectivity index (χ3n) is 7.06. The van der Waals surface area contributed by atoms with Crippen molar-refractivity contribution in [2.45, 2.75) is 71.6 Å². The zero-order valence-electron chi connectivity index (χ0n) is 20.7. The average Bonchev–Trinajstić information content (AvgIpc) is 3.20. The first kappa shape index (κ1) is 25.0. The smallest absolute Gasteiger partial charge is 0.148 e. The van der Waals surface area contributed by atoms with Crippen molar-refractivity contribution < 1.29 is 4.74 Å². The number of hydrogen-bond donors (Lipinski definition) is 1. The first-order valence-corrected chi connectivity index (χ1v) is 13.2. The Balaban J connectivity index is 1.36. The van der Waals surface area contributed by atoms with Gasteiger partial charge in [-0.1, -0.05) is 37.1 Å². The lowest BCUT2D eigenvalue weighted by Gasteiger charge is -2.28. The molecular weight excluding hydrogens is 444 g/mol. The van der Waals surface area contributed by atoms with E-state index in [1.165, 1.54) is 43.4 Å². The van der Waals surface area contributed by atoms with Crippen LogP contribution in [0.2, 0.25) is 5.02 Å². The van der Waals surface area contributed by atoms with Crippen LogP contribution < -0.4 is 10.5 Å². The Morgan fingerprint density at radius 3 is 2.56 bits per heavy atom. The standard InChI is InChI=1S/C28H39ClN4O/c1-21(19-24(30)14-17-32-15-4-3-5-16-32)13-18-33-26-8-6-7-22(2)28(26)31-27(33)20-34-25-11-9-23(29)10-12-25/h6-12,21,24H,3-5,13-20,30H2,1-2H3. The maximum absolute atomic E-state index is 6.53. The fourth-order valence-electron chi connectivity index (χ4n) is 5.01. The van der Waals surface area contributed by atoms with Gasteiger partial charge in [0.2, 0.25) is 0 Å². The van der Waals surface area contributed by atoms with Gasteiger partial charge in [0.05, 0.1) is 11.0 Å². The largest absolute Gasteiger partial charge is 0.486 e. The highest BCUT2D eigenvalue weighted by atomic mass is 35.5. The van der Waals surface area contributed by atoms with Crippen LogP contribution in [0.1, 0.15) is 56.8 Å². The number of benzene rings is 2. The van der Waals surface area contributed by atoms with E-state index in [1.54, 1.807) is 0 Å². The van der Waals surface area contributed by atoms with Gasteiger partial charge in [0.25, 0.3) is 0 Å². The maximum Gasteiger partial charge on any atom is 0.148 e. The summed E-state index contributed by atoms with van der Waals surface area (Å²) in [5.41, 5.74) is 9.96. The molecule has 0 amide bonds. The molecule has 1 aliphatic heterocycles. The Morgan fingerprint density at radius 1 is 1.03 bits per heavy atom. The van der Waals surface area contributed by atoms with Gasteiger partial charge in [-0.3, -0.25) is 0 Å². The number of piperidine rings is 1. The molecule has 2 unspecified atom stereocenters. The van der Waals surface area contributed by atoms with Crippen molar-refractivity contribution in [3.63, 3.8) is 0 Å². The first-order chi connectivity index (χ1) is 16.5. The topological polar surface area (TPSA) is 56.3 Å². The molecule has 34 heavy (non-hydrogen) atoms. The predicted octanol–water partition coefficient (Wildman–Crippen LogP) is 6.20. The van der Waals surface area contributed by atoms with Crippen LogP contribution in [0.3, 0.4) is 0 Å². The third kappa shape index (κ3) is 6.74. The van der Waals surface area contributed by atoms with E-state index < -0.39 is 0 Å². The number of nitrogens with zero attached hydrogens (tertiary/aromatic N) is 3. The van der Waals surface area contributed by atoms with Gasteiger partial charge in [-0.2, -0.15) is 0 Å². The summed E-state index contributed by atoms with van der Waals surface area (Å²) >= 11 is 6.01. The van der Waals surface area contributed by atoms with Crippen molar-refractivity contribution in [1.82, 2.24) is 14.5 Å². The maximum atomic E-state index is 6.53. The van der Waals surface area contributed by atoms with Crippen molar-refractivity contribution in [2.24, 2.45) is 11.7 Å². The average molecular weight is 483 g/mol. The number of imidazole rings is 1. The second-order valence-corrected chi connectivity index (χ2v) is 10.4. The van der Waals surface area contributed by atoms with Crippen LogP contribution in [0.25, 0.3) is 11.0 Å². The van der Waals surface area contributed by atoms with E-state index in [-0.39, 0.29) is 6.04 Å². The van der Waals surface area contributed by atoms with Gasteiger partial charge in [0, 0.05) is 17.6 Å². The molecule has 0 aliphatic carbocycles. The number of rotatable bonds is 11. The number of nitrogens with two attached hydrogens (primary N) is 1. The van der Waals surface area contributed by atoms with E-state index in [0.717, 1.165) is 49.4 Å². The third-order valence-corrected chi connectivity index (χ3v) is 7.31. The van der Waals surface area contributed by atoms with Crippen LogP contribution in [-0.4, -0.2) is 40.1 Å². The molecular formula is C28H39ClN4O. The lowest BCUT2D eigenvalue weighted by molar-refractivity contribution is 0.217. The number of para-hydroxylation sites is 1. The summed E-state index contributed by atoms with van der Waals surface area (Å²) < 4.78 is 8.38. The fraction of sp³-hybridized carbons (Fsp3) is 0.536. The Hall–Kier alpha value is -2.08. The minimum atomic E-state index is 0.270. The zero-order chi connectivity index (χ0) is 23.9. The predicted molar refractivity (Wildman–Crippen MR) is 142 cm³/mol. The molecule has 4 rings (SSSR count). The molecule has 0 bridgehead atoms. The van der Waals surface area contributed by atoms with Crippen molar-refractivity contribution in [3.8, 4) is 5.75 Å². The second kappa shape index (κ2) is 12.1. The lowest BCUT2D eigenvalue weighted by atomic mass is 9.96. The van der Waals surface area contributed by atoms with Crippen molar-refractivity contribution in [3.05, 3.63) is 58.9 Å². The normalized spacial score (nSPS) is 16.6. The molecule has 2 atom stereocenters. The van der Waals surface area contributed by atoms with Crippen LogP contribution >= 0.6 is 11.6 Å². The highest BCUT2D eigenvalue weighted by Crippen LogP contribution is 2.24. The summed E-state index contributed by atoms with van der Waals surface area (Å²) in [5, 5.41) is 0.707. The monoisotopic (exact) mass is 482 g/mol. The van der Waals surface area contributed by atoms with Crippen molar-refractivity contribution in [1.29, 1.82) is 0 Å². The summed E-state index contributed by atoms with van der Waals surface area (Å²) in [5.74, 6) is 2.32. The molecule has 1 saturated heterocycles. The van der Waals surface area contributed by atoms with E-state index >= 15 is 0 Å². The molecule has 2 aromatic carbocycles. The number of aromatic nitrogens is 2. The molecule has 0 saturated carbocycles. The van der Waals surface area contributed by atoms with Gasteiger partial charge in [0.1, 0.15) is 18.2 Å². The summed E-state index contributed by atoms with van der Waals surface area (Å²) in [6.07, 6.45) is 7.30. The number of halogens is 1. The van der Waals surface area contributed by atoms with Crippen LogP contribution in [0.15, 0.2) is 42.5 Å². The molecule has 5 nitrogen and oxygen atoms in total. The van der Waals surface area contributed by atoms with Crippen molar-refractivity contribution >= 4 is 22.6 Å². The molecule has 0 radical (unpaired) electrons. The molecule has 3 aromatic rings.